The molecule has 0 unspecified atom stereocenters. The van der Waals surface area contributed by atoms with Crippen molar-refractivity contribution in [3.8, 4) is 17.6 Å². The molecule has 0 fully saturated rings. The Morgan fingerprint density at radius 1 is 1.38 bits per heavy atom. The second-order valence-corrected chi connectivity index (χ2v) is 4.92. The van der Waals surface area contributed by atoms with E-state index in [9.17, 15) is 9.18 Å². The van der Waals surface area contributed by atoms with E-state index in [2.05, 4.69) is 22.1 Å². The zero-order chi connectivity index (χ0) is 17.4. The van der Waals surface area contributed by atoms with E-state index in [1.807, 2.05) is 24.3 Å². The van der Waals surface area contributed by atoms with Crippen molar-refractivity contribution in [1.29, 1.82) is 0 Å². The van der Waals surface area contributed by atoms with Crippen LogP contribution in [0.5, 0.6) is 5.75 Å². The lowest BCUT2D eigenvalue weighted by Crippen LogP contribution is -2.24. The van der Waals surface area contributed by atoms with E-state index in [0.717, 1.165) is 11.6 Å². The fraction of sp³-hybridized carbons (Fsp3) is 0.222. The maximum absolute atomic E-state index is 12.9. The van der Waals surface area contributed by atoms with Crippen molar-refractivity contribution in [2.45, 2.75) is 19.9 Å². The largest absolute Gasteiger partial charge is 0.493 e. The molecule has 1 heterocycles. The molecule has 0 radical (unpaired) electrons. The van der Waals surface area contributed by atoms with Crippen molar-refractivity contribution in [3.63, 3.8) is 0 Å². The van der Waals surface area contributed by atoms with Gasteiger partial charge in [-0.25, -0.2) is 4.98 Å². The Bertz CT molecular complexity index is 781. The van der Waals surface area contributed by atoms with Crippen LogP contribution in [0.25, 0.3) is 0 Å². The molecule has 2 aromatic rings. The molecule has 3 N–H and O–H groups in total. The van der Waals surface area contributed by atoms with Crippen LogP contribution in [0, 0.1) is 17.8 Å². The number of aromatic nitrogens is 1. The third kappa shape index (κ3) is 4.99. The number of hydrogen-bond donors (Lipinski definition) is 2. The van der Waals surface area contributed by atoms with Crippen LogP contribution in [-0.2, 0) is 6.54 Å². The number of benzene rings is 1. The van der Waals surface area contributed by atoms with Gasteiger partial charge in [-0.2, -0.15) is 4.39 Å². The average molecular weight is 327 g/mol. The SMILES string of the molecule is CC#CCCOc1cccc(CNC(=O)c2ccc(F)nc2N)c1. The van der Waals surface area contributed by atoms with Crippen molar-refractivity contribution in [1.82, 2.24) is 10.3 Å². The summed E-state index contributed by atoms with van der Waals surface area (Å²) in [4.78, 5) is 15.5. The van der Waals surface area contributed by atoms with Crippen molar-refractivity contribution in [2.24, 2.45) is 0 Å². The molecule has 6 heteroatoms. The zero-order valence-electron chi connectivity index (χ0n) is 13.3. The second-order valence-electron chi connectivity index (χ2n) is 4.92. The van der Waals surface area contributed by atoms with Gasteiger partial charge in [0.05, 0.1) is 12.2 Å². The molecule has 0 bridgehead atoms. The molecule has 5 nitrogen and oxygen atoms in total. The van der Waals surface area contributed by atoms with Crippen LogP contribution in [0.3, 0.4) is 0 Å². The third-order valence-electron chi connectivity index (χ3n) is 3.16. The first-order valence-corrected chi connectivity index (χ1v) is 7.41. The molecule has 0 spiro atoms. The molecule has 0 saturated heterocycles. The molecule has 0 aliphatic carbocycles. The number of carbonyl (C=O) groups excluding carboxylic acids is 1. The molecular weight excluding hydrogens is 309 g/mol. The highest BCUT2D eigenvalue weighted by Gasteiger charge is 2.11. The second kappa shape index (κ2) is 8.53. The number of amides is 1. The predicted molar refractivity (Wildman–Crippen MR) is 89.8 cm³/mol. The summed E-state index contributed by atoms with van der Waals surface area (Å²) in [5.41, 5.74) is 6.56. The summed E-state index contributed by atoms with van der Waals surface area (Å²) in [6, 6.07) is 9.79. The van der Waals surface area contributed by atoms with Crippen LogP contribution in [0.2, 0.25) is 0 Å². The van der Waals surface area contributed by atoms with Crippen molar-refractivity contribution in [3.05, 3.63) is 53.5 Å². The summed E-state index contributed by atoms with van der Waals surface area (Å²) in [7, 11) is 0. The Hall–Kier alpha value is -3.07. The number of rotatable bonds is 6. The quantitative estimate of drug-likeness (QED) is 0.485. The van der Waals surface area contributed by atoms with Crippen molar-refractivity contribution < 1.29 is 13.9 Å². The lowest BCUT2D eigenvalue weighted by atomic mass is 10.2. The number of nitrogens with one attached hydrogen (secondary N) is 1. The molecule has 1 aromatic carbocycles. The van der Waals surface area contributed by atoms with E-state index in [-0.39, 0.29) is 11.4 Å². The van der Waals surface area contributed by atoms with Crippen LogP contribution in [0.1, 0.15) is 29.3 Å². The van der Waals surface area contributed by atoms with Crippen LogP contribution >= 0.6 is 0 Å². The van der Waals surface area contributed by atoms with Gasteiger partial charge in [-0.15, -0.1) is 11.8 Å². The van der Waals surface area contributed by atoms with Crippen LogP contribution in [0.15, 0.2) is 36.4 Å². The number of hydrogen-bond acceptors (Lipinski definition) is 4. The summed E-state index contributed by atoms with van der Waals surface area (Å²) >= 11 is 0. The van der Waals surface area contributed by atoms with Gasteiger partial charge in [-0.05, 0) is 36.8 Å². The van der Waals surface area contributed by atoms with Gasteiger partial charge in [0.2, 0.25) is 5.95 Å². The van der Waals surface area contributed by atoms with Gasteiger partial charge in [0, 0.05) is 13.0 Å². The van der Waals surface area contributed by atoms with Crippen LogP contribution in [0.4, 0.5) is 10.2 Å². The Morgan fingerprint density at radius 2 is 2.21 bits per heavy atom. The number of anilines is 1. The molecule has 2 rings (SSSR count). The van der Waals surface area contributed by atoms with E-state index in [4.69, 9.17) is 10.5 Å². The minimum atomic E-state index is -0.721. The number of nitrogens with zero attached hydrogens (tertiary/aromatic N) is 1. The van der Waals surface area contributed by atoms with Gasteiger partial charge in [-0.3, -0.25) is 4.79 Å². The number of halogens is 1. The molecule has 0 atom stereocenters. The lowest BCUT2D eigenvalue weighted by Gasteiger charge is -2.09. The summed E-state index contributed by atoms with van der Waals surface area (Å²) in [6.45, 7) is 2.59. The molecule has 1 aromatic heterocycles. The third-order valence-corrected chi connectivity index (χ3v) is 3.16. The van der Waals surface area contributed by atoms with Crippen molar-refractivity contribution in [2.75, 3.05) is 12.3 Å². The number of nitrogen functional groups attached to an aromatic ring is 1. The lowest BCUT2D eigenvalue weighted by molar-refractivity contribution is 0.0951. The van der Waals surface area contributed by atoms with Gasteiger partial charge >= 0.3 is 0 Å². The average Bonchev–Trinajstić information content (AvgIpc) is 2.57. The number of pyridine rings is 1. The molecule has 1 amide bonds. The summed E-state index contributed by atoms with van der Waals surface area (Å²) in [5, 5.41) is 2.72. The van der Waals surface area contributed by atoms with Gasteiger partial charge in [0.25, 0.3) is 5.91 Å². The molecule has 24 heavy (non-hydrogen) atoms. The highest BCUT2D eigenvalue weighted by atomic mass is 19.1. The number of carbonyl (C=O) groups is 1. The normalized spacial score (nSPS) is 9.75. The number of ether oxygens (including phenoxy) is 1. The summed E-state index contributed by atoms with van der Waals surface area (Å²) in [5.74, 6) is 5.17. The summed E-state index contributed by atoms with van der Waals surface area (Å²) < 4.78 is 18.5. The number of nitrogens with two attached hydrogens (primary N) is 1. The van der Waals surface area contributed by atoms with E-state index < -0.39 is 11.9 Å². The van der Waals surface area contributed by atoms with Crippen molar-refractivity contribution >= 4 is 11.7 Å². The summed E-state index contributed by atoms with van der Waals surface area (Å²) in [6.07, 6.45) is 0.661. The highest BCUT2D eigenvalue weighted by molar-refractivity contribution is 5.98. The Balaban J connectivity index is 1.93. The van der Waals surface area contributed by atoms with Gasteiger partial charge < -0.3 is 15.8 Å². The molecule has 124 valence electrons. The monoisotopic (exact) mass is 327 g/mol. The molecule has 0 saturated carbocycles. The fourth-order valence-corrected chi connectivity index (χ4v) is 2.01. The minimum absolute atomic E-state index is 0.137. The van der Waals surface area contributed by atoms with Gasteiger partial charge in [-0.1, -0.05) is 12.1 Å². The highest BCUT2D eigenvalue weighted by Crippen LogP contribution is 2.14. The van der Waals surface area contributed by atoms with E-state index in [1.165, 1.54) is 6.07 Å². The predicted octanol–water partition coefficient (Wildman–Crippen LogP) is 2.53. The smallest absolute Gasteiger partial charge is 0.255 e. The minimum Gasteiger partial charge on any atom is -0.493 e. The Labute approximate surface area is 140 Å². The first-order chi connectivity index (χ1) is 11.6. The standard InChI is InChI=1S/C18H18FN3O2/c1-2-3-4-10-24-14-7-5-6-13(11-14)12-21-18(23)15-8-9-16(19)22-17(15)20/h5-9,11H,4,10,12H2,1H3,(H2,20,22)(H,21,23). The zero-order valence-corrected chi connectivity index (χ0v) is 13.3. The topological polar surface area (TPSA) is 77.2 Å². The molecule has 0 aliphatic rings. The molecule has 0 aliphatic heterocycles. The first-order valence-electron chi connectivity index (χ1n) is 7.41. The fourth-order valence-electron chi connectivity index (χ4n) is 2.01. The van der Waals surface area contributed by atoms with Crippen LogP contribution in [-0.4, -0.2) is 17.5 Å². The van der Waals surface area contributed by atoms with E-state index in [1.54, 1.807) is 6.92 Å². The van der Waals surface area contributed by atoms with Gasteiger partial charge in [0.1, 0.15) is 11.6 Å². The molecular formula is C18H18FN3O2. The Kier molecular flexibility index (Phi) is 6.15. The Morgan fingerprint density at radius 3 is 2.96 bits per heavy atom. The first kappa shape index (κ1) is 17.3. The van der Waals surface area contributed by atoms with E-state index in [0.29, 0.717) is 25.3 Å². The van der Waals surface area contributed by atoms with E-state index >= 15 is 0 Å². The van der Waals surface area contributed by atoms with Crippen LogP contribution < -0.4 is 15.8 Å². The maximum atomic E-state index is 12.9. The maximum Gasteiger partial charge on any atom is 0.255 e. The van der Waals surface area contributed by atoms with Gasteiger partial charge in [0.15, 0.2) is 0 Å².